The van der Waals surface area contributed by atoms with E-state index in [0.29, 0.717) is 25.1 Å². The van der Waals surface area contributed by atoms with E-state index < -0.39 is 11.4 Å². The Morgan fingerprint density at radius 3 is 2.85 bits per heavy atom. The Labute approximate surface area is 147 Å². The van der Waals surface area contributed by atoms with Crippen LogP contribution in [0.2, 0.25) is 0 Å². The van der Waals surface area contributed by atoms with E-state index in [4.69, 9.17) is 9.26 Å². The molecule has 0 aliphatic carbocycles. The lowest BCUT2D eigenvalue weighted by molar-refractivity contribution is -0.121. The van der Waals surface area contributed by atoms with Crippen molar-refractivity contribution in [1.29, 1.82) is 0 Å². The van der Waals surface area contributed by atoms with Crippen LogP contribution in [-0.4, -0.2) is 40.9 Å². The van der Waals surface area contributed by atoms with Crippen molar-refractivity contribution in [3.05, 3.63) is 46.8 Å². The summed E-state index contributed by atoms with van der Waals surface area (Å²) in [6.45, 7) is 0.809. The van der Waals surface area contributed by atoms with E-state index in [0.717, 1.165) is 0 Å². The fourth-order valence-corrected chi connectivity index (χ4v) is 2.45. The molecule has 2 aromatic heterocycles. The molecule has 0 aliphatic rings. The number of halogens is 1. The predicted octanol–water partition coefficient (Wildman–Crippen LogP) is 1.34. The highest BCUT2D eigenvalue weighted by atomic mass is 19.1. The molecular formula is C17H17FN4O4. The van der Waals surface area contributed by atoms with Gasteiger partial charge in [0.1, 0.15) is 29.8 Å². The number of methoxy groups -OCH3 is 1. The molecule has 0 aliphatic heterocycles. The van der Waals surface area contributed by atoms with Crippen LogP contribution in [0.3, 0.4) is 0 Å². The van der Waals surface area contributed by atoms with Crippen LogP contribution in [0.1, 0.15) is 6.42 Å². The van der Waals surface area contributed by atoms with Crippen molar-refractivity contribution in [3.8, 4) is 11.3 Å². The van der Waals surface area contributed by atoms with Gasteiger partial charge < -0.3 is 14.6 Å². The quantitative estimate of drug-likeness (QED) is 0.639. The van der Waals surface area contributed by atoms with Crippen LogP contribution in [-0.2, 0) is 16.1 Å². The normalized spacial score (nSPS) is 11.0. The molecule has 9 heteroatoms. The van der Waals surface area contributed by atoms with Crippen molar-refractivity contribution in [2.45, 2.75) is 13.0 Å². The number of ether oxygens (including phenoxy) is 1. The van der Waals surface area contributed by atoms with Crippen molar-refractivity contribution < 1.29 is 18.4 Å². The van der Waals surface area contributed by atoms with Gasteiger partial charge in [-0.05, 0) is 30.7 Å². The van der Waals surface area contributed by atoms with Gasteiger partial charge in [-0.25, -0.2) is 9.37 Å². The summed E-state index contributed by atoms with van der Waals surface area (Å²) < 4.78 is 24.3. The van der Waals surface area contributed by atoms with Crippen molar-refractivity contribution in [2.24, 2.45) is 0 Å². The molecule has 0 spiro atoms. The maximum atomic E-state index is 13.1. The topological polar surface area (TPSA) is 99.2 Å². The summed E-state index contributed by atoms with van der Waals surface area (Å²) in [6.07, 6.45) is 1.91. The third-order valence-corrected chi connectivity index (χ3v) is 3.74. The minimum Gasteiger partial charge on any atom is -0.385 e. The molecule has 1 amide bonds. The fraction of sp³-hybridized carbons (Fsp3) is 0.294. The SMILES string of the molecule is COCCCNC(=O)Cn1cnc2onc(-c3ccc(F)cc3)c2c1=O. The monoisotopic (exact) mass is 360 g/mol. The molecule has 1 aromatic carbocycles. The standard InChI is InChI=1S/C17H17FN4O4/c1-25-8-2-7-19-13(23)9-22-10-20-16-14(17(22)24)15(21-26-16)11-3-5-12(18)6-4-11/h3-6,10H,2,7-9H2,1H3,(H,19,23). The molecule has 0 atom stereocenters. The number of benzene rings is 1. The summed E-state index contributed by atoms with van der Waals surface area (Å²) in [7, 11) is 1.58. The van der Waals surface area contributed by atoms with Gasteiger partial charge in [-0.3, -0.25) is 14.2 Å². The highest BCUT2D eigenvalue weighted by molar-refractivity contribution is 5.88. The zero-order valence-electron chi connectivity index (χ0n) is 14.1. The smallest absolute Gasteiger partial charge is 0.267 e. The second-order valence-electron chi connectivity index (χ2n) is 5.59. The summed E-state index contributed by atoms with van der Waals surface area (Å²) in [5, 5.41) is 6.70. The number of amides is 1. The average Bonchev–Trinajstić information content (AvgIpc) is 3.07. The van der Waals surface area contributed by atoms with Crippen LogP contribution in [0, 0.1) is 5.82 Å². The lowest BCUT2D eigenvalue weighted by atomic mass is 10.1. The molecule has 8 nitrogen and oxygen atoms in total. The molecule has 1 N–H and O–H groups in total. The molecular weight excluding hydrogens is 343 g/mol. The first-order chi connectivity index (χ1) is 12.6. The van der Waals surface area contributed by atoms with E-state index in [1.165, 1.54) is 35.2 Å². The summed E-state index contributed by atoms with van der Waals surface area (Å²) >= 11 is 0. The minimum atomic E-state index is -0.456. The van der Waals surface area contributed by atoms with Gasteiger partial charge in [0, 0.05) is 25.8 Å². The van der Waals surface area contributed by atoms with Gasteiger partial charge in [0.05, 0.1) is 0 Å². The lowest BCUT2D eigenvalue weighted by Gasteiger charge is -2.06. The summed E-state index contributed by atoms with van der Waals surface area (Å²) in [6, 6.07) is 5.51. The first kappa shape index (κ1) is 17.7. The number of carbonyl (C=O) groups is 1. The van der Waals surface area contributed by atoms with Crippen molar-refractivity contribution in [1.82, 2.24) is 20.0 Å². The number of hydrogen-bond acceptors (Lipinski definition) is 6. The van der Waals surface area contributed by atoms with Crippen LogP contribution in [0.15, 0.2) is 39.9 Å². The van der Waals surface area contributed by atoms with E-state index in [1.807, 2.05) is 0 Å². The average molecular weight is 360 g/mol. The molecule has 0 saturated heterocycles. The zero-order valence-corrected chi connectivity index (χ0v) is 14.1. The third kappa shape index (κ3) is 3.77. The Morgan fingerprint density at radius 1 is 1.35 bits per heavy atom. The largest absolute Gasteiger partial charge is 0.385 e. The molecule has 26 heavy (non-hydrogen) atoms. The van der Waals surface area contributed by atoms with Gasteiger partial charge in [-0.15, -0.1) is 0 Å². The predicted molar refractivity (Wildman–Crippen MR) is 91.0 cm³/mol. The van der Waals surface area contributed by atoms with E-state index in [1.54, 1.807) is 7.11 Å². The van der Waals surface area contributed by atoms with E-state index in [9.17, 15) is 14.0 Å². The Hall–Kier alpha value is -3.07. The van der Waals surface area contributed by atoms with Crippen molar-refractivity contribution >= 4 is 17.0 Å². The third-order valence-electron chi connectivity index (χ3n) is 3.74. The van der Waals surface area contributed by atoms with Gasteiger partial charge in [0.15, 0.2) is 0 Å². The fourth-order valence-electron chi connectivity index (χ4n) is 2.45. The summed E-state index contributed by atoms with van der Waals surface area (Å²) in [5.41, 5.74) is 0.381. The molecule has 0 radical (unpaired) electrons. The van der Waals surface area contributed by atoms with Crippen LogP contribution in [0.5, 0.6) is 0 Å². The first-order valence-corrected chi connectivity index (χ1v) is 7.96. The van der Waals surface area contributed by atoms with E-state index in [-0.39, 0.29) is 29.2 Å². The Morgan fingerprint density at radius 2 is 2.12 bits per heavy atom. The number of nitrogens with one attached hydrogen (secondary N) is 1. The number of aromatic nitrogens is 3. The van der Waals surface area contributed by atoms with Gasteiger partial charge in [0.2, 0.25) is 5.91 Å². The molecule has 2 heterocycles. The maximum Gasteiger partial charge on any atom is 0.267 e. The van der Waals surface area contributed by atoms with Crippen LogP contribution < -0.4 is 10.9 Å². The number of nitrogens with zero attached hydrogens (tertiary/aromatic N) is 3. The Kier molecular flexibility index (Phi) is 5.37. The van der Waals surface area contributed by atoms with E-state index >= 15 is 0 Å². The molecule has 3 aromatic rings. The van der Waals surface area contributed by atoms with Gasteiger partial charge >= 0.3 is 0 Å². The van der Waals surface area contributed by atoms with Gasteiger partial charge in [0.25, 0.3) is 11.3 Å². The molecule has 3 rings (SSSR count). The molecule has 0 unspecified atom stereocenters. The molecule has 0 saturated carbocycles. The van der Waals surface area contributed by atoms with Crippen LogP contribution in [0.25, 0.3) is 22.4 Å². The highest BCUT2D eigenvalue weighted by Crippen LogP contribution is 2.24. The van der Waals surface area contributed by atoms with Crippen LogP contribution in [0.4, 0.5) is 4.39 Å². The summed E-state index contributed by atoms with van der Waals surface area (Å²) in [4.78, 5) is 28.7. The van der Waals surface area contributed by atoms with Gasteiger partial charge in [-0.1, -0.05) is 5.16 Å². The zero-order chi connectivity index (χ0) is 18.5. The maximum absolute atomic E-state index is 13.1. The Bertz CT molecular complexity index is 965. The first-order valence-electron chi connectivity index (χ1n) is 7.96. The second kappa shape index (κ2) is 7.87. The van der Waals surface area contributed by atoms with Crippen LogP contribution >= 0.6 is 0 Å². The number of hydrogen-bond donors (Lipinski definition) is 1. The minimum absolute atomic E-state index is 0.0612. The second-order valence-corrected chi connectivity index (χ2v) is 5.59. The van der Waals surface area contributed by atoms with Gasteiger partial charge in [-0.2, -0.15) is 0 Å². The molecule has 0 fully saturated rings. The van der Waals surface area contributed by atoms with Crippen molar-refractivity contribution in [2.75, 3.05) is 20.3 Å². The molecule has 0 bridgehead atoms. The number of carbonyl (C=O) groups excluding carboxylic acids is 1. The van der Waals surface area contributed by atoms with E-state index in [2.05, 4.69) is 15.5 Å². The highest BCUT2D eigenvalue weighted by Gasteiger charge is 2.17. The van der Waals surface area contributed by atoms with Crippen molar-refractivity contribution in [3.63, 3.8) is 0 Å². The number of rotatable bonds is 7. The summed E-state index contributed by atoms with van der Waals surface area (Å²) in [5.74, 6) is -0.716. The number of fused-ring (bicyclic) bond motifs is 1. The Balaban J connectivity index is 1.86. The lowest BCUT2D eigenvalue weighted by Crippen LogP contribution is -2.33. The molecule has 136 valence electrons.